The van der Waals surface area contributed by atoms with Gasteiger partial charge in [0.05, 0.1) is 11.4 Å². The van der Waals surface area contributed by atoms with Crippen LogP contribution in [0.15, 0.2) is 51.4 Å². The fourth-order valence-electron chi connectivity index (χ4n) is 2.02. The molecule has 0 atom stereocenters. The third-order valence-corrected chi connectivity index (χ3v) is 5.55. The third kappa shape index (κ3) is 2.71. The van der Waals surface area contributed by atoms with E-state index in [9.17, 15) is 4.79 Å². The fraction of sp³-hybridized carbons (Fsp3) is 0. The molecule has 0 fully saturated rings. The molecule has 1 aromatic heterocycles. The molecule has 6 heteroatoms. The van der Waals surface area contributed by atoms with E-state index >= 15 is 0 Å². The van der Waals surface area contributed by atoms with E-state index in [0.717, 1.165) is 19.0 Å². The Morgan fingerprint density at radius 1 is 1.05 bits per heavy atom. The Balaban J connectivity index is 2.00. The van der Waals surface area contributed by atoms with Crippen LogP contribution in [-0.4, -0.2) is 5.91 Å². The quantitative estimate of drug-likeness (QED) is 0.588. The van der Waals surface area contributed by atoms with Crippen LogP contribution in [0, 0.1) is 0 Å². The SMILES string of the molecule is Nc1c(C(=O)Nc2c(Br)cccc2Br)sc2ccccc12. The van der Waals surface area contributed by atoms with Gasteiger partial charge in [-0.2, -0.15) is 0 Å². The molecule has 2 aromatic carbocycles. The topological polar surface area (TPSA) is 55.1 Å². The van der Waals surface area contributed by atoms with E-state index in [2.05, 4.69) is 37.2 Å². The Morgan fingerprint density at radius 3 is 2.38 bits per heavy atom. The number of rotatable bonds is 2. The number of fused-ring (bicyclic) bond motifs is 1. The van der Waals surface area contributed by atoms with E-state index in [-0.39, 0.29) is 5.91 Å². The van der Waals surface area contributed by atoms with Gasteiger partial charge in [-0.05, 0) is 50.1 Å². The van der Waals surface area contributed by atoms with Crippen molar-refractivity contribution in [2.45, 2.75) is 0 Å². The number of carbonyl (C=O) groups excluding carboxylic acids is 1. The van der Waals surface area contributed by atoms with Crippen LogP contribution >= 0.6 is 43.2 Å². The molecular formula is C15H10Br2N2OS. The second-order valence-corrected chi connectivity index (χ2v) is 7.15. The lowest BCUT2D eigenvalue weighted by Gasteiger charge is -2.08. The Morgan fingerprint density at radius 2 is 1.71 bits per heavy atom. The normalized spacial score (nSPS) is 10.8. The Labute approximate surface area is 142 Å². The summed E-state index contributed by atoms with van der Waals surface area (Å²) in [5, 5.41) is 3.81. The molecular weight excluding hydrogens is 416 g/mol. The van der Waals surface area contributed by atoms with Gasteiger partial charge in [-0.3, -0.25) is 4.79 Å². The first-order chi connectivity index (χ1) is 10.1. The highest BCUT2D eigenvalue weighted by Gasteiger charge is 2.18. The molecule has 3 N–H and O–H groups in total. The molecule has 0 spiro atoms. The number of amides is 1. The van der Waals surface area contributed by atoms with Gasteiger partial charge in [0.15, 0.2) is 0 Å². The summed E-state index contributed by atoms with van der Waals surface area (Å²) in [6, 6.07) is 13.4. The number of anilines is 2. The van der Waals surface area contributed by atoms with Crippen molar-refractivity contribution < 1.29 is 4.79 Å². The summed E-state index contributed by atoms with van der Waals surface area (Å²) >= 11 is 8.25. The summed E-state index contributed by atoms with van der Waals surface area (Å²) in [6.07, 6.45) is 0. The summed E-state index contributed by atoms with van der Waals surface area (Å²) in [5.41, 5.74) is 7.31. The molecule has 0 unspecified atom stereocenters. The van der Waals surface area contributed by atoms with E-state index in [1.165, 1.54) is 11.3 Å². The summed E-state index contributed by atoms with van der Waals surface area (Å²) in [7, 11) is 0. The van der Waals surface area contributed by atoms with Crippen LogP contribution in [0.2, 0.25) is 0 Å². The van der Waals surface area contributed by atoms with Gasteiger partial charge in [-0.25, -0.2) is 0 Å². The number of nitrogens with two attached hydrogens (primary N) is 1. The molecule has 0 saturated carbocycles. The smallest absolute Gasteiger partial charge is 0.267 e. The Bertz CT molecular complexity index is 825. The zero-order valence-corrected chi connectivity index (χ0v) is 14.7. The fourth-order valence-corrected chi connectivity index (χ4v) is 4.24. The zero-order valence-electron chi connectivity index (χ0n) is 10.7. The molecule has 0 aliphatic carbocycles. The van der Waals surface area contributed by atoms with Crippen molar-refractivity contribution >= 4 is 70.6 Å². The van der Waals surface area contributed by atoms with E-state index in [1.807, 2.05) is 42.5 Å². The number of thiophene rings is 1. The van der Waals surface area contributed by atoms with Crippen molar-refractivity contribution in [3.63, 3.8) is 0 Å². The molecule has 3 nitrogen and oxygen atoms in total. The van der Waals surface area contributed by atoms with Gasteiger partial charge in [0.1, 0.15) is 4.88 Å². The zero-order chi connectivity index (χ0) is 15.0. The standard InChI is InChI=1S/C15H10Br2N2OS/c16-9-5-3-6-10(17)13(9)19-15(20)14-12(18)8-4-1-2-7-11(8)21-14/h1-7H,18H2,(H,19,20). The molecule has 3 rings (SSSR count). The average molecular weight is 426 g/mol. The lowest BCUT2D eigenvalue weighted by atomic mass is 10.2. The minimum absolute atomic E-state index is 0.207. The van der Waals surface area contributed by atoms with Crippen molar-refractivity contribution in [2.24, 2.45) is 0 Å². The number of hydrogen-bond acceptors (Lipinski definition) is 3. The first-order valence-corrected chi connectivity index (χ1v) is 8.50. The molecule has 1 heterocycles. The largest absolute Gasteiger partial charge is 0.397 e. The first kappa shape index (κ1) is 14.6. The third-order valence-electron chi connectivity index (χ3n) is 3.04. The van der Waals surface area contributed by atoms with Crippen LogP contribution in [0.3, 0.4) is 0 Å². The minimum Gasteiger partial charge on any atom is -0.397 e. The van der Waals surface area contributed by atoms with Gasteiger partial charge in [0.25, 0.3) is 5.91 Å². The maximum absolute atomic E-state index is 12.5. The number of hydrogen-bond donors (Lipinski definition) is 2. The van der Waals surface area contributed by atoms with Gasteiger partial charge >= 0.3 is 0 Å². The Hall–Kier alpha value is -1.37. The lowest BCUT2D eigenvalue weighted by molar-refractivity contribution is 0.103. The number of carbonyl (C=O) groups is 1. The first-order valence-electron chi connectivity index (χ1n) is 6.10. The van der Waals surface area contributed by atoms with E-state index in [4.69, 9.17) is 5.73 Å². The van der Waals surface area contributed by atoms with E-state index in [0.29, 0.717) is 16.3 Å². The van der Waals surface area contributed by atoms with Crippen LogP contribution in [0.25, 0.3) is 10.1 Å². The van der Waals surface area contributed by atoms with Crippen LogP contribution in [0.5, 0.6) is 0 Å². The van der Waals surface area contributed by atoms with Crippen molar-refractivity contribution in [1.82, 2.24) is 0 Å². The Kier molecular flexibility index (Phi) is 4.01. The molecule has 106 valence electrons. The van der Waals surface area contributed by atoms with Crippen molar-refractivity contribution in [3.05, 3.63) is 56.3 Å². The number of nitrogen functional groups attached to an aromatic ring is 1. The van der Waals surface area contributed by atoms with Gasteiger partial charge in [0, 0.05) is 19.0 Å². The van der Waals surface area contributed by atoms with E-state index < -0.39 is 0 Å². The molecule has 0 aliphatic heterocycles. The lowest BCUT2D eigenvalue weighted by Crippen LogP contribution is -2.12. The number of halogens is 2. The van der Waals surface area contributed by atoms with Crippen LogP contribution in [-0.2, 0) is 0 Å². The predicted molar refractivity (Wildman–Crippen MR) is 96.0 cm³/mol. The van der Waals surface area contributed by atoms with Crippen LogP contribution in [0.4, 0.5) is 11.4 Å². The predicted octanol–water partition coefficient (Wildman–Crippen LogP) is 5.26. The molecule has 0 bridgehead atoms. The van der Waals surface area contributed by atoms with E-state index in [1.54, 1.807) is 0 Å². The number of nitrogens with one attached hydrogen (secondary N) is 1. The summed E-state index contributed by atoms with van der Waals surface area (Å²) < 4.78 is 2.63. The van der Waals surface area contributed by atoms with Crippen molar-refractivity contribution in [2.75, 3.05) is 11.1 Å². The van der Waals surface area contributed by atoms with Gasteiger partial charge < -0.3 is 11.1 Å². The highest BCUT2D eigenvalue weighted by molar-refractivity contribution is 9.11. The molecule has 21 heavy (non-hydrogen) atoms. The monoisotopic (exact) mass is 424 g/mol. The summed E-state index contributed by atoms with van der Waals surface area (Å²) in [4.78, 5) is 13.0. The maximum Gasteiger partial charge on any atom is 0.267 e. The molecule has 3 aromatic rings. The molecule has 0 radical (unpaired) electrons. The maximum atomic E-state index is 12.5. The average Bonchev–Trinajstić information content (AvgIpc) is 2.81. The van der Waals surface area contributed by atoms with Gasteiger partial charge in [-0.1, -0.05) is 24.3 Å². The highest BCUT2D eigenvalue weighted by Crippen LogP contribution is 2.35. The van der Waals surface area contributed by atoms with Gasteiger partial charge in [-0.15, -0.1) is 11.3 Å². The second kappa shape index (κ2) is 5.79. The van der Waals surface area contributed by atoms with Crippen molar-refractivity contribution in [1.29, 1.82) is 0 Å². The molecule has 1 amide bonds. The van der Waals surface area contributed by atoms with Crippen LogP contribution in [0.1, 0.15) is 9.67 Å². The molecule has 0 saturated heterocycles. The van der Waals surface area contributed by atoms with Crippen LogP contribution < -0.4 is 11.1 Å². The number of para-hydroxylation sites is 1. The van der Waals surface area contributed by atoms with Gasteiger partial charge in [0.2, 0.25) is 0 Å². The summed E-state index contributed by atoms with van der Waals surface area (Å²) in [6.45, 7) is 0. The second-order valence-electron chi connectivity index (χ2n) is 4.39. The highest BCUT2D eigenvalue weighted by atomic mass is 79.9. The minimum atomic E-state index is -0.207. The molecule has 0 aliphatic rings. The van der Waals surface area contributed by atoms with Crippen molar-refractivity contribution in [3.8, 4) is 0 Å². The summed E-state index contributed by atoms with van der Waals surface area (Å²) in [5.74, 6) is -0.207. The number of benzene rings is 2.